The summed E-state index contributed by atoms with van der Waals surface area (Å²) in [4.78, 5) is 23.6. The lowest BCUT2D eigenvalue weighted by Crippen LogP contribution is -2.42. The van der Waals surface area contributed by atoms with Crippen LogP contribution >= 0.6 is 0 Å². The van der Waals surface area contributed by atoms with Gasteiger partial charge < -0.3 is 19.6 Å². The molecule has 4 aromatic rings. The molecule has 0 aliphatic rings. The standard InChI is InChI=1S/C25H19F2NO5/c26-19-7-4-16(5-8-19)17-6-9-23-18(12-17)13-21(33-23)14-32-25(31)28-22(24(29)30)11-15-2-1-3-20(27)10-15/h1-10,12-13,22H,11,14H2,(H,28,31)(H,29,30). The van der Waals surface area contributed by atoms with Gasteiger partial charge in [-0.2, -0.15) is 0 Å². The van der Waals surface area contributed by atoms with E-state index in [1.165, 1.54) is 30.3 Å². The van der Waals surface area contributed by atoms with Crippen LogP contribution in [-0.4, -0.2) is 23.2 Å². The molecule has 0 bridgehead atoms. The fourth-order valence-electron chi connectivity index (χ4n) is 3.41. The van der Waals surface area contributed by atoms with E-state index in [2.05, 4.69) is 5.32 Å². The maximum atomic E-state index is 13.3. The minimum absolute atomic E-state index is 0.0982. The third kappa shape index (κ3) is 5.54. The van der Waals surface area contributed by atoms with Gasteiger partial charge in [-0.25, -0.2) is 18.4 Å². The number of amides is 1. The number of carboxylic acids is 1. The zero-order valence-electron chi connectivity index (χ0n) is 17.3. The van der Waals surface area contributed by atoms with Gasteiger partial charge >= 0.3 is 12.1 Å². The first-order valence-electron chi connectivity index (χ1n) is 10.1. The second-order valence-electron chi connectivity index (χ2n) is 7.42. The highest BCUT2D eigenvalue weighted by Gasteiger charge is 2.21. The highest BCUT2D eigenvalue weighted by Crippen LogP contribution is 2.27. The zero-order valence-corrected chi connectivity index (χ0v) is 17.3. The summed E-state index contributed by atoms with van der Waals surface area (Å²) in [5.41, 5.74) is 2.72. The molecule has 168 valence electrons. The molecule has 1 amide bonds. The summed E-state index contributed by atoms with van der Waals surface area (Å²) in [6.45, 7) is -0.210. The topological polar surface area (TPSA) is 88.8 Å². The lowest BCUT2D eigenvalue weighted by molar-refractivity contribution is -0.139. The molecule has 0 aliphatic heterocycles. The second kappa shape index (κ2) is 9.52. The summed E-state index contributed by atoms with van der Waals surface area (Å²) in [5.74, 6) is -1.71. The van der Waals surface area contributed by atoms with Crippen LogP contribution in [0.1, 0.15) is 11.3 Å². The van der Waals surface area contributed by atoms with Crippen molar-refractivity contribution in [1.29, 1.82) is 0 Å². The highest BCUT2D eigenvalue weighted by atomic mass is 19.1. The Labute approximate surface area is 187 Å². The van der Waals surface area contributed by atoms with E-state index in [0.717, 1.165) is 16.5 Å². The van der Waals surface area contributed by atoms with E-state index in [-0.39, 0.29) is 18.8 Å². The first kappa shape index (κ1) is 22.0. The molecule has 6 nitrogen and oxygen atoms in total. The molecule has 3 aromatic carbocycles. The fourth-order valence-corrected chi connectivity index (χ4v) is 3.41. The van der Waals surface area contributed by atoms with E-state index in [0.29, 0.717) is 16.9 Å². The molecule has 1 heterocycles. The van der Waals surface area contributed by atoms with Gasteiger partial charge in [0.25, 0.3) is 0 Å². The molecule has 0 radical (unpaired) electrons. The Morgan fingerprint density at radius 3 is 2.42 bits per heavy atom. The molecule has 1 unspecified atom stereocenters. The molecular weight excluding hydrogens is 432 g/mol. The third-order valence-electron chi connectivity index (χ3n) is 5.01. The number of rotatable bonds is 7. The van der Waals surface area contributed by atoms with Gasteiger partial charge in [-0.1, -0.05) is 30.3 Å². The van der Waals surface area contributed by atoms with Gasteiger partial charge in [0.1, 0.15) is 29.0 Å². The molecule has 8 heteroatoms. The van der Waals surface area contributed by atoms with E-state index < -0.39 is 23.9 Å². The maximum absolute atomic E-state index is 13.3. The summed E-state index contributed by atoms with van der Waals surface area (Å²) in [6.07, 6.45) is -1.04. The van der Waals surface area contributed by atoms with E-state index in [1.807, 2.05) is 12.1 Å². The average Bonchev–Trinajstić information content (AvgIpc) is 3.20. The van der Waals surface area contributed by atoms with Crippen LogP contribution in [0.4, 0.5) is 13.6 Å². The van der Waals surface area contributed by atoms with Crippen molar-refractivity contribution in [3.05, 3.63) is 95.8 Å². The minimum atomic E-state index is -1.28. The summed E-state index contributed by atoms with van der Waals surface area (Å²) in [5, 5.41) is 12.4. The number of carbonyl (C=O) groups is 2. The van der Waals surface area contributed by atoms with Gasteiger partial charge in [0.2, 0.25) is 0 Å². The minimum Gasteiger partial charge on any atom is -0.480 e. The van der Waals surface area contributed by atoms with Crippen molar-refractivity contribution >= 4 is 23.0 Å². The normalized spacial score (nSPS) is 11.8. The summed E-state index contributed by atoms with van der Waals surface area (Å²) >= 11 is 0. The van der Waals surface area contributed by atoms with Crippen molar-refractivity contribution in [1.82, 2.24) is 5.32 Å². The Hall–Kier alpha value is -4.20. The number of halogens is 2. The summed E-state index contributed by atoms with van der Waals surface area (Å²) < 4.78 is 37.2. The molecule has 0 fully saturated rings. The summed E-state index contributed by atoms with van der Waals surface area (Å²) in [7, 11) is 0. The van der Waals surface area contributed by atoms with Gasteiger partial charge in [0, 0.05) is 11.8 Å². The Kier molecular flexibility index (Phi) is 6.35. The third-order valence-corrected chi connectivity index (χ3v) is 5.01. The van der Waals surface area contributed by atoms with Crippen molar-refractivity contribution in [2.75, 3.05) is 0 Å². The van der Waals surface area contributed by atoms with E-state index in [1.54, 1.807) is 30.3 Å². The van der Waals surface area contributed by atoms with Crippen LogP contribution in [-0.2, 0) is 22.6 Å². The van der Waals surface area contributed by atoms with Crippen LogP contribution < -0.4 is 5.32 Å². The Morgan fingerprint density at radius 2 is 1.70 bits per heavy atom. The van der Waals surface area contributed by atoms with Crippen LogP contribution in [0, 0.1) is 11.6 Å². The largest absolute Gasteiger partial charge is 0.480 e. The lowest BCUT2D eigenvalue weighted by atomic mass is 10.0. The van der Waals surface area contributed by atoms with Gasteiger partial charge in [-0.15, -0.1) is 0 Å². The average molecular weight is 451 g/mol. The van der Waals surface area contributed by atoms with Crippen molar-refractivity contribution in [3.63, 3.8) is 0 Å². The van der Waals surface area contributed by atoms with Gasteiger partial charge in [-0.3, -0.25) is 0 Å². The molecule has 0 aliphatic carbocycles. The fraction of sp³-hybridized carbons (Fsp3) is 0.120. The highest BCUT2D eigenvalue weighted by molar-refractivity contribution is 5.84. The maximum Gasteiger partial charge on any atom is 0.408 e. The van der Waals surface area contributed by atoms with E-state index >= 15 is 0 Å². The van der Waals surface area contributed by atoms with E-state index in [4.69, 9.17) is 9.15 Å². The number of benzene rings is 3. The zero-order chi connectivity index (χ0) is 23.4. The molecule has 0 saturated heterocycles. The predicted octanol–water partition coefficient (Wildman–Crippen LogP) is 5.30. The first-order valence-corrected chi connectivity index (χ1v) is 10.1. The number of aliphatic carboxylic acids is 1. The molecule has 0 spiro atoms. The van der Waals surface area contributed by atoms with Gasteiger partial charge in [0.15, 0.2) is 6.61 Å². The second-order valence-corrected chi connectivity index (χ2v) is 7.42. The smallest absolute Gasteiger partial charge is 0.408 e. The number of furan rings is 1. The number of ether oxygens (including phenoxy) is 1. The number of carboxylic acid groups (broad SMARTS) is 1. The lowest BCUT2D eigenvalue weighted by Gasteiger charge is -2.14. The summed E-state index contributed by atoms with van der Waals surface area (Å²) in [6, 6.07) is 17.5. The Morgan fingerprint density at radius 1 is 0.939 bits per heavy atom. The van der Waals surface area contributed by atoms with Crippen LogP contribution in [0.25, 0.3) is 22.1 Å². The Balaban J connectivity index is 1.39. The number of alkyl carbamates (subject to hydrolysis) is 1. The van der Waals surface area contributed by atoms with Crippen LogP contribution in [0.2, 0.25) is 0 Å². The number of nitrogens with one attached hydrogen (secondary N) is 1. The quantitative estimate of drug-likeness (QED) is 0.398. The van der Waals surface area contributed by atoms with E-state index in [9.17, 15) is 23.5 Å². The molecule has 1 atom stereocenters. The monoisotopic (exact) mass is 451 g/mol. The van der Waals surface area contributed by atoms with Crippen LogP contribution in [0.3, 0.4) is 0 Å². The molecule has 4 rings (SSSR count). The molecule has 33 heavy (non-hydrogen) atoms. The van der Waals surface area contributed by atoms with Gasteiger partial charge in [-0.05, 0) is 59.2 Å². The van der Waals surface area contributed by atoms with Gasteiger partial charge in [0.05, 0.1) is 0 Å². The molecule has 0 saturated carbocycles. The Bertz CT molecular complexity index is 1300. The number of carbonyl (C=O) groups excluding carboxylic acids is 1. The molecular formula is C25H19F2NO5. The number of hydrogen-bond donors (Lipinski definition) is 2. The van der Waals surface area contributed by atoms with Crippen molar-refractivity contribution in [2.24, 2.45) is 0 Å². The van der Waals surface area contributed by atoms with Crippen molar-refractivity contribution in [2.45, 2.75) is 19.1 Å². The number of fused-ring (bicyclic) bond motifs is 1. The first-order chi connectivity index (χ1) is 15.9. The van der Waals surface area contributed by atoms with Crippen LogP contribution in [0.5, 0.6) is 0 Å². The molecule has 1 aromatic heterocycles. The molecule has 2 N–H and O–H groups in total. The van der Waals surface area contributed by atoms with Crippen molar-refractivity contribution in [3.8, 4) is 11.1 Å². The van der Waals surface area contributed by atoms with Crippen LogP contribution in [0.15, 0.2) is 77.2 Å². The van der Waals surface area contributed by atoms with Crippen molar-refractivity contribution < 1.29 is 32.6 Å². The predicted molar refractivity (Wildman–Crippen MR) is 116 cm³/mol. The SMILES string of the molecule is O=C(NC(Cc1cccc(F)c1)C(=O)O)OCc1cc2cc(-c3ccc(F)cc3)ccc2o1. The number of hydrogen-bond acceptors (Lipinski definition) is 4.